The molecule has 0 saturated carbocycles. The molecule has 9 nitrogen and oxygen atoms in total. The predicted molar refractivity (Wildman–Crippen MR) is 134 cm³/mol. The Bertz CT molecular complexity index is 1130. The summed E-state index contributed by atoms with van der Waals surface area (Å²) in [7, 11) is 3.17. The third kappa shape index (κ3) is 5.55. The molecule has 0 atom stereocenters. The fourth-order valence-electron chi connectivity index (χ4n) is 4.16. The molecule has 1 fully saturated rings. The maximum atomic E-state index is 12.5. The van der Waals surface area contributed by atoms with Crippen molar-refractivity contribution in [3.63, 3.8) is 0 Å². The molecule has 1 aromatic carbocycles. The van der Waals surface area contributed by atoms with Crippen LogP contribution in [0.2, 0.25) is 0 Å². The molecule has 0 bridgehead atoms. The topological polar surface area (TPSA) is 94.4 Å². The number of rotatable bonds is 10. The van der Waals surface area contributed by atoms with E-state index in [2.05, 4.69) is 22.2 Å². The van der Waals surface area contributed by atoms with Gasteiger partial charge in [-0.05, 0) is 42.7 Å². The van der Waals surface area contributed by atoms with Crippen LogP contribution in [-0.4, -0.2) is 65.3 Å². The van der Waals surface area contributed by atoms with Crippen LogP contribution in [0, 0.1) is 0 Å². The second-order valence-corrected chi connectivity index (χ2v) is 9.36. The monoisotopic (exact) mass is 484 g/mol. The number of amides is 1. The minimum atomic E-state index is -0.0606. The summed E-state index contributed by atoms with van der Waals surface area (Å²) in [6.07, 6.45) is 5.75. The molecule has 2 aromatic heterocycles. The molecule has 1 aliphatic heterocycles. The molecule has 1 aliphatic rings. The van der Waals surface area contributed by atoms with E-state index in [1.165, 1.54) is 19.3 Å². The molecular weight excluding hydrogens is 452 g/mol. The van der Waals surface area contributed by atoms with Crippen molar-refractivity contribution in [2.45, 2.75) is 44.3 Å². The highest BCUT2D eigenvalue weighted by molar-refractivity contribution is 7.99. The number of hydrogen-bond donors (Lipinski definition) is 1. The SMILES string of the molecule is CCSc1nc(N2CCCCC2)c2cnn(CCNC(=O)Cc3ccc(OC)c(OC)c3)c2n1. The first-order valence-corrected chi connectivity index (χ1v) is 12.7. The first kappa shape index (κ1) is 24.1. The van der Waals surface area contributed by atoms with Gasteiger partial charge in [-0.15, -0.1) is 0 Å². The second-order valence-electron chi connectivity index (χ2n) is 8.13. The van der Waals surface area contributed by atoms with Crippen molar-refractivity contribution in [1.29, 1.82) is 0 Å². The van der Waals surface area contributed by atoms with Crippen LogP contribution >= 0.6 is 11.8 Å². The van der Waals surface area contributed by atoms with E-state index in [4.69, 9.17) is 19.4 Å². The minimum Gasteiger partial charge on any atom is -0.493 e. The third-order valence-electron chi connectivity index (χ3n) is 5.84. The number of carbonyl (C=O) groups excluding carboxylic acids is 1. The van der Waals surface area contributed by atoms with Crippen molar-refractivity contribution < 1.29 is 14.3 Å². The van der Waals surface area contributed by atoms with Gasteiger partial charge in [0, 0.05) is 19.6 Å². The summed E-state index contributed by atoms with van der Waals surface area (Å²) in [5.74, 6) is 3.08. The molecule has 1 N–H and O–H groups in total. The summed E-state index contributed by atoms with van der Waals surface area (Å²) in [5.41, 5.74) is 1.68. The number of nitrogens with one attached hydrogen (secondary N) is 1. The van der Waals surface area contributed by atoms with E-state index >= 15 is 0 Å². The highest BCUT2D eigenvalue weighted by Crippen LogP contribution is 2.29. The Balaban J connectivity index is 1.43. The van der Waals surface area contributed by atoms with E-state index in [1.54, 1.807) is 26.0 Å². The van der Waals surface area contributed by atoms with E-state index in [0.29, 0.717) is 24.6 Å². The van der Waals surface area contributed by atoms with E-state index in [9.17, 15) is 4.79 Å². The molecule has 1 amide bonds. The van der Waals surface area contributed by atoms with Crippen molar-refractivity contribution in [2.24, 2.45) is 0 Å². The molecule has 0 unspecified atom stereocenters. The van der Waals surface area contributed by atoms with Gasteiger partial charge in [-0.3, -0.25) is 4.79 Å². The van der Waals surface area contributed by atoms with E-state index in [0.717, 1.165) is 46.4 Å². The van der Waals surface area contributed by atoms with Crippen LogP contribution < -0.4 is 19.7 Å². The van der Waals surface area contributed by atoms with E-state index < -0.39 is 0 Å². The minimum absolute atomic E-state index is 0.0606. The van der Waals surface area contributed by atoms with Crippen LogP contribution in [0.15, 0.2) is 29.6 Å². The lowest BCUT2D eigenvalue weighted by atomic mass is 10.1. The lowest BCUT2D eigenvalue weighted by Gasteiger charge is -2.28. The summed E-state index contributed by atoms with van der Waals surface area (Å²) >= 11 is 1.64. The first-order chi connectivity index (χ1) is 16.6. The number of nitrogens with zero attached hydrogens (tertiary/aromatic N) is 5. The molecular formula is C24H32N6O3S. The maximum Gasteiger partial charge on any atom is 0.224 e. The van der Waals surface area contributed by atoms with Crippen LogP contribution in [0.4, 0.5) is 5.82 Å². The molecule has 0 aliphatic carbocycles. The van der Waals surface area contributed by atoms with Gasteiger partial charge in [0.05, 0.1) is 38.8 Å². The van der Waals surface area contributed by atoms with Gasteiger partial charge in [-0.1, -0.05) is 24.8 Å². The van der Waals surface area contributed by atoms with Crippen molar-refractivity contribution in [3.05, 3.63) is 30.0 Å². The molecule has 4 rings (SSSR count). The molecule has 3 aromatic rings. The van der Waals surface area contributed by atoms with Crippen molar-refractivity contribution in [3.8, 4) is 11.5 Å². The number of fused-ring (bicyclic) bond motifs is 1. The fraction of sp³-hybridized carbons (Fsp3) is 0.500. The van der Waals surface area contributed by atoms with E-state index in [1.807, 2.05) is 29.1 Å². The lowest BCUT2D eigenvalue weighted by molar-refractivity contribution is -0.120. The molecule has 10 heteroatoms. The zero-order chi connectivity index (χ0) is 23.9. The second kappa shape index (κ2) is 11.4. The Morgan fingerprint density at radius 1 is 1.12 bits per heavy atom. The number of carbonyl (C=O) groups is 1. The average molecular weight is 485 g/mol. The van der Waals surface area contributed by atoms with Crippen LogP contribution in [0.25, 0.3) is 11.0 Å². The smallest absolute Gasteiger partial charge is 0.224 e. The zero-order valence-electron chi connectivity index (χ0n) is 20.0. The van der Waals surface area contributed by atoms with E-state index in [-0.39, 0.29) is 12.3 Å². The summed E-state index contributed by atoms with van der Waals surface area (Å²) in [6.45, 7) is 5.12. The Kier molecular flexibility index (Phi) is 8.10. The third-order valence-corrected chi connectivity index (χ3v) is 6.57. The Hall–Kier alpha value is -3.01. The summed E-state index contributed by atoms with van der Waals surface area (Å²) < 4.78 is 12.4. The fourth-order valence-corrected chi connectivity index (χ4v) is 4.72. The zero-order valence-corrected chi connectivity index (χ0v) is 20.9. The first-order valence-electron chi connectivity index (χ1n) is 11.7. The van der Waals surface area contributed by atoms with Crippen molar-refractivity contribution >= 4 is 34.5 Å². The van der Waals surface area contributed by atoms with Gasteiger partial charge in [0.15, 0.2) is 22.3 Å². The predicted octanol–water partition coefficient (Wildman–Crippen LogP) is 3.30. The molecule has 0 spiro atoms. The van der Waals surface area contributed by atoms with Crippen molar-refractivity contribution in [2.75, 3.05) is 44.5 Å². The summed E-state index contributed by atoms with van der Waals surface area (Å²) in [5, 5.41) is 9.30. The van der Waals surface area contributed by atoms with Crippen molar-refractivity contribution in [1.82, 2.24) is 25.1 Å². The number of ether oxygens (including phenoxy) is 2. The highest BCUT2D eigenvalue weighted by Gasteiger charge is 2.20. The average Bonchev–Trinajstić information content (AvgIpc) is 3.27. The lowest BCUT2D eigenvalue weighted by Crippen LogP contribution is -2.30. The summed E-state index contributed by atoms with van der Waals surface area (Å²) in [4.78, 5) is 24.5. The van der Waals surface area contributed by atoms with Gasteiger partial charge in [-0.2, -0.15) is 5.10 Å². The number of hydrogen-bond acceptors (Lipinski definition) is 8. The van der Waals surface area contributed by atoms with Gasteiger partial charge < -0.3 is 19.7 Å². The molecule has 3 heterocycles. The van der Waals surface area contributed by atoms with Gasteiger partial charge in [-0.25, -0.2) is 14.6 Å². The Labute approximate surface area is 204 Å². The quantitative estimate of drug-likeness (QED) is 0.346. The van der Waals surface area contributed by atoms with Gasteiger partial charge in [0.2, 0.25) is 5.91 Å². The van der Waals surface area contributed by atoms with Gasteiger partial charge >= 0.3 is 0 Å². The number of benzene rings is 1. The number of thioether (sulfide) groups is 1. The van der Waals surface area contributed by atoms with Crippen LogP contribution in [-0.2, 0) is 17.8 Å². The van der Waals surface area contributed by atoms with Gasteiger partial charge in [0.1, 0.15) is 5.82 Å². The summed E-state index contributed by atoms with van der Waals surface area (Å²) in [6, 6.07) is 5.50. The van der Waals surface area contributed by atoms with Crippen LogP contribution in [0.1, 0.15) is 31.7 Å². The number of methoxy groups -OCH3 is 2. The molecule has 34 heavy (non-hydrogen) atoms. The largest absolute Gasteiger partial charge is 0.493 e. The number of piperidine rings is 1. The van der Waals surface area contributed by atoms with Crippen LogP contribution in [0.5, 0.6) is 11.5 Å². The van der Waals surface area contributed by atoms with Crippen LogP contribution in [0.3, 0.4) is 0 Å². The van der Waals surface area contributed by atoms with Gasteiger partial charge in [0.25, 0.3) is 0 Å². The molecule has 1 saturated heterocycles. The Morgan fingerprint density at radius 3 is 2.65 bits per heavy atom. The number of anilines is 1. The molecule has 0 radical (unpaired) electrons. The standard InChI is InChI=1S/C24H32N6O3S/c1-4-34-24-27-22(29-11-6-5-7-12-29)18-16-26-30(23(18)28-24)13-10-25-21(31)15-17-8-9-19(32-2)20(14-17)33-3/h8-9,14,16H,4-7,10-13,15H2,1-3H3,(H,25,31). The maximum absolute atomic E-state index is 12.5. The Morgan fingerprint density at radius 2 is 1.91 bits per heavy atom. The highest BCUT2D eigenvalue weighted by atomic mass is 32.2. The number of aromatic nitrogens is 4. The molecule has 182 valence electrons. The normalized spacial score (nSPS) is 13.8.